The van der Waals surface area contributed by atoms with Crippen molar-refractivity contribution >= 4 is 10.9 Å². The van der Waals surface area contributed by atoms with Crippen molar-refractivity contribution in [3.05, 3.63) is 29.7 Å². The van der Waals surface area contributed by atoms with Crippen molar-refractivity contribution in [2.75, 3.05) is 0 Å². The highest BCUT2D eigenvalue weighted by molar-refractivity contribution is 5.83. The minimum Gasteiger partial charge on any atom is -0.254 e. The standard InChI is InChI=1S/C10H8FN3/c1-2-14-10(6-12)8-4-3-7(11)5-9(8)13-14/h3-5H,2H2,1H3. The zero-order valence-electron chi connectivity index (χ0n) is 7.66. The number of nitrogens with zero attached hydrogens (tertiary/aromatic N) is 3. The van der Waals surface area contributed by atoms with Gasteiger partial charge >= 0.3 is 0 Å². The molecular weight excluding hydrogens is 181 g/mol. The van der Waals surface area contributed by atoms with Crippen LogP contribution in [0.1, 0.15) is 12.6 Å². The van der Waals surface area contributed by atoms with Crippen LogP contribution in [0.3, 0.4) is 0 Å². The van der Waals surface area contributed by atoms with Crippen molar-refractivity contribution in [1.29, 1.82) is 5.26 Å². The number of aryl methyl sites for hydroxylation is 1. The average molecular weight is 189 g/mol. The zero-order valence-corrected chi connectivity index (χ0v) is 7.66. The summed E-state index contributed by atoms with van der Waals surface area (Å²) in [4.78, 5) is 0. The maximum absolute atomic E-state index is 12.9. The third-order valence-corrected chi connectivity index (χ3v) is 2.11. The summed E-state index contributed by atoms with van der Waals surface area (Å²) in [6.07, 6.45) is 0. The molecule has 0 saturated carbocycles. The van der Waals surface area contributed by atoms with Crippen LogP contribution >= 0.6 is 0 Å². The highest BCUT2D eigenvalue weighted by Gasteiger charge is 2.09. The van der Waals surface area contributed by atoms with E-state index in [9.17, 15) is 4.39 Å². The second-order valence-electron chi connectivity index (χ2n) is 2.94. The van der Waals surface area contributed by atoms with E-state index < -0.39 is 0 Å². The summed E-state index contributed by atoms with van der Waals surface area (Å²) in [5.41, 5.74) is 1.02. The Labute approximate surface area is 80.4 Å². The van der Waals surface area contributed by atoms with E-state index in [1.807, 2.05) is 6.92 Å². The van der Waals surface area contributed by atoms with Gasteiger partial charge in [-0.15, -0.1) is 0 Å². The van der Waals surface area contributed by atoms with Gasteiger partial charge in [0, 0.05) is 18.0 Å². The first-order chi connectivity index (χ1) is 6.76. The molecule has 70 valence electrons. The summed E-state index contributed by atoms with van der Waals surface area (Å²) < 4.78 is 14.4. The van der Waals surface area contributed by atoms with Crippen molar-refractivity contribution in [1.82, 2.24) is 9.78 Å². The van der Waals surface area contributed by atoms with Gasteiger partial charge in [-0.05, 0) is 19.1 Å². The Balaban J connectivity index is 2.81. The second kappa shape index (κ2) is 3.11. The van der Waals surface area contributed by atoms with Gasteiger partial charge in [-0.1, -0.05) is 0 Å². The predicted octanol–water partition coefficient (Wildman–Crippen LogP) is 2.07. The van der Waals surface area contributed by atoms with E-state index in [1.165, 1.54) is 12.1 Å². The zero-order chi connectivity index (χ0) is 10.1. The van der Waals surface area contributed by atoms with Crippen LogP contribution in [0.15, 0.2) is 18.2 Å². The monoisotopic (exact) mass is 189 g/mol. The summed E-state index contributed by atoms with van der Waals surface area (Å²) in [6.45, 7) is 2.50. The summed E-state index contributed by atoms with van der Waals surface area (Å²) in [5, 5.41) is 13.7. The van der Waals surface area contributed by atoms with Gasteiger partial charge < -0.3 is 0 Å². The molecule has 2 rings (SSSR count). The van der Waals surface area contributed by atoms with Gasteiger partial charge in [0.1, 0.15) is 17.6 Å². The first-order valence-corrected chi connectivity index (χ1v) is 4.32. The molecule has 0 radical (unpaired) electrons. The van der Waals surface area contributed by atoms with E-state index in [0.717, 1.165) is 0 Å². The molecule has 2 aromatic rings. The second-order valence-corrected chi connectivity index (χ2v) is 2.94. The number of nitriles is 1. The topological polar surface area (TPSA) is 41.6 Å². The molecule has 3 nitrogen and oxygen atoms in total. The molecule has 0 aliphatic rings. The molecule has 14 heavy (non-hydrogen) atoms. The lowest BCUT2D eigenvalue weighted by Gasteiger charge is -1.93. The predicted molar refractivity (Wildman–Crippen MR) is 50.1 cm³/mol. The average Bonchev–Trinajstić information content (AvgIpc) is 2.54. The normalized spacial score (nSPS) is 10.4. The minimum atomic E-state index is -0.331. The molecule has 0 fully saturated rings. The number of hydrogen-bond acceptors (Lipinski definition) is 2. The SMILES string of the molecule is CCn1nc2cc(F)ccc2c1C#N. The molecular formula is C10H8FN3. The molecule has 1 heterocycles. The van der Waals surface area contributed by atoms with Crippen LogP contribution in [-0.4, -0.2) is 9.78 Å². The van der Waals surface area contributed by atoms with Crippen LogP contribution in [0.2, 0.25) is 0 Å². The van der Waals surface area contributed by atoms with Crippen LogP contribution < -0.4 is 0 Å². The lowest BCUT2D eigenvalue weighted by molar-refractivity contribution is 0.628. The van der Waals surface area contributed by atoms with Crippen molar-refractivity contribution in [3.63, 3.8) is 0 Å². The number of halogens is 1. The summed E-state index contributed by atoms with van der Waals surface area (Å²) in [6, 6.07) is 6.33. The Morgan fingerprint density at radius 2 is 2.36 bits per heavy atom. The summed E-state index contributed by atoms with van der Waals surface area (Å²) in [7, 11) is 0. The van der Waals surface area contributed by atoms with Gasteiger partial charge in [-0.25, -0.2) is 4.39 Å². The molecule has 0 amide bonds. The number of hydrogen-bond donors (Lipinski definition) is 0. The molecule has 0 aliphatic heterocycles. The Morgan fingerprint density at radius 3 is 3.00 bits per heavy atom. The van der Waals surface area contributed by atoms with Gasteiger partial charge in [0.2, 0.25) is 0 Å². The molecule has 0 spiro atoms. The lowest BCUT2D eigenvalue weighted by Crippen LogP contribution is -1.98. The van der Waals surface area contributed by atoms with Crippen molar-refractivity contribution < 1.29 is 4.39 Å². The van der Waals surface area contributed by atoms with Crippen LogP contribution in [0.4, 0.5) is 4.39 Å². The maximum atomic E-state index is 12.9. The van der Waals surface area contributed by atoms with Gasteiger partial charge in [0.25, 0.3) is 0 Å². The Kier molecular flexibility index (Phi) is 1.93. The molecule has 1 aromatic heterocycles. The largest absolute Gasteiger partial charge is 0.254 e. The molecule has 0 atom stereocenters. The number of aromatic nitrogens is 2. The lowest BCUT2D eigenvalue weighted by atomic mass is 10.2. The maximum Gasteiger partial charge on any atom is 0.146 e. The van der Waals surface area contributed by atoms with E-state index in [-0.39, 0.29) is 5.82 Å². The van der Waals surface area contributed by atoms with Crippen LogP contribution in [0.25, 0.3) is 10.9 Å². The molecule has 0 aliphatic carbocycles. The van der Waals surface area contributed by atoms with Crippen molar-refractivity contribution in [2.45, 2.75) is 13.5 Å². The van der Waals surface area contributed by atoms with Gasteiger partial charge in [0.15, 0.2) is 0 Å². The van der Waals surface area contributed by atoms with E-state index in [4.69, 9.17) is 5.26 Å². The highest BCUT2D eigenvalue weighted by Crippen LogP contribution is 2.18. The van der Waals surface area contributed by atoms with E-state index in [0.29, 0.717) is 23.1 Å². The Hall–Kier alpha value is -1.89. The molecule has 0 N–H and O–H groups in total. The van der Waals surface area contributed by atoms with Gasteiger partial charge in [-0.2, -0.15) is 10.4 Å². The Morgan fingerprint density at radius 1 is 1.57 bits per heavy atom. The molecule has 1 aromatic carbocycles. The number of rotatable bonds is 1. The van der Waals surface area contributed by atoms with Crippen LogP contribution in [0, 0.1) is 17.1 Å². The molecule has 0 unspecified atom stereocenters. The first kappa shape index (κ1) is 8.70. The smallest absolute Gasteiger partial charge is 0.146 e. The summed E-state index contributed by atoms with van der Waals surface area (Å²) in [5.74, 6) is -0.331. The summed E-state index contributed by atoms with van der Waals surface area (Å²) >= 11 is 0. The van der Waals surface area contributed by atoms with Crippen molar-refractivity contribution in [3.8, 4) is 6.07 Å². The van der Waals surface area contributed by atoms with Gasteiger partial charge in [-0.3, -0.25) is 4.68 Å². The van der Waals surface area contributed by atoms with Crippen LogP contribution in [-0.2, 0) is 6.54 Å². The first-order valence-electron chi connectivity index (χ1n) is 4.32. The quantitative estimate of drug-likeness (QED) is 0.689. The molecule has 0 bridgehead atoms. The van der Waals surface area contributed by atoms with E-state index >= 15 is 0 Å². The minimum absolute atomic E-state index is 0.331. The van der Waals surface area contributed by atoms with E-state index in [1.54, 1.807) is 10.7 Å². The number of benzene rings is 1. The van der Waals surface area contributed by atoms with E-state index in [2.05, 4.69) is 11.2 Å². The fraction of sp³-hybridized carbons (Fsp3) is 0.200. The van der Waals surface area contributed by atoms with Gasteiger partial charge in [0.05, 0.1) is 5.52 Å². The number of fused-ring (bicyclic) bond motifs is 1. The molecule has 4 heteroatoms. The highest BCUT2D eigenvalue weighted by atomic mass is 19.1. The fourth-order valence-corrected chi connectivity index (χ4v) is 1.45. The Bertz CT molecular complexity index is 522. The third-order valence-electron chi connectivity index (χ3n) is 2.11. The fourth-order valence-electron chi connectivity index (χ4n) is 1.45. The molecule has 0 saturated heterocycles. The third kappa shape index (κ3) is 1.14. The van der Waals surface area contributed by atoms with Crippen molar-refractivity contribution in [2.24, 2.45) is 0 Å². The van der Waals surface area contributed by atoms with Crippen LogP contribution in [0.5, 0.6) is 0 Å².